The van der Waals surface area contributed by atoms with Crippen molar-refractivity contribution in [3.63, 3.8) is 0 Å². The maximum Gasteiger partial charge on any atom is 0.127 e. The molecule has 4 rings (SSSR count). The molecule has 1 N–H and O–H groups in total. The maximum absolute atomic E-state index is 10.7. The zero-order valence-electron chi connectivity index (χ0n) is 17.5. The van der Waals surface area contributed by atoms with Gasteiger partial charge < -0.3 is 19.3 Å². The Kier molecular flexibility index (Phi) is 6.47. The van der Waals surface area contributed by atoms with Gasteiger partial charge in [-0.15, -0.1) is 0 Å². The van der Waals surface area contributed by atoms with Gasteiger partial charge in [0.15, 0.2) is 0 Å². The molecule has 2 aromatic carbocycles. The van der Waals surface area contributed by atoms with Gasteiger partial charge in [0, 0.05) is 43.9 Å². The minimum absolute atomic E-state index is 0.213. The Morgan fingerprint density at radius 3 is 2.83 bits per heavy atom. The van der Waals surface area contributed by atoms with Gasteiger partial charge in [-0.05, 0) is 48.4 Å². The van der Waals surface area contributed by atoms with Crippen LogP contribution in [0.3, 0.4) is 0 Å². The van der Waals surface area contributed by atoms with Crippen molar-refractivity contribution in [1.82, 2.24) is 9.88 Å². The molecule has 1 aliphatic rings. The second kappa shape index (κ2) is 9.43. The first-order valence-corrected chi connectivity index (χ1v) is 10.2. The van der Waals surface area contributed by atoms with Gasteiger partial charge >= 0.3 is 0 Å². The number of aliphatic hydroxyl groups is 1. The number of aliphatic hydroxyl groups excluding tert-OH is 1. The molecular weight excluding hydrogens is 380 g/mol. The molecule has 158 valence electrons. The lowest BCUT2D eigenvalue weighted by molar-refractivity contribution is -0.0274. The Hall–Kier alpha value is -2.67. The summed E-state index contributed by atoms with van der Waals surface area (Å²) in [6.07, 6.45) is 1.80. The highest BCUT2D eigenvalue weighted by atomic mass is 16.5. The van der Waals surface area contributed by atoms with Crippen molar-refractivity contribution in [2.75, 3.05) is 27.3 Å². The fraction of sp³-hybridized carbons (Fsp3) is 0.375. The molecule has 1 aliphatic heterocycles. The Balaban J connectivity index is 1.37. The second-order valence-corrected chi connectivity index (χ2v) is 7.68. The van der Waals surface area contributed by atoms with Crippen LogP contribution in [-0.2, 0) is 17.9 Å². The molecule has 1 fully saturated rings. The highest BCUT2D eigenvalue weighted by molar-refractivity contribution is 5.79. The van der Waals surface area contributed by atoms with E-state index in [2.05, 4.69) is 22.0 Å². The molecule has 2 heterocycles. The van der Waals surface area contributed by atoms with Gasteiger partial charge in [-0.25, -0.2) is 0 Å². The summed E-state index contributed by atoms with van der Waals surface area (Å²) in [6.45, 7) is 2.72. The molecular formula is C24H28N2O4. The average Bonchev–Trinajstić information content (AvgIpc) is 2.76. The number of aromatic nitrogens is 1. The summed E-state index contributed by atoms with van der Waals surface area (Å²) >= 11 is 0. The van der Waals surface area contributed by atoms with Crippen LogP contribution in [0.15, 0.2) is 54.7 Å². The largest absolute Gasteiger partial charge is 0.496 e. The predicted octanol–water partition coefficient (Wildman–Crippen LogP) is 3.40. The van der Waals surface area contributed by atoms with Crippen molar-refractivity contribution in [3.8, 4) is 11.5 Å². The van der Waals surface area contributed by atoms with Gasteiger partial charge in [-0.3, -0.25) is 9.88 Å². The summed E-state index contributed by atoms with van der Waals surface area (Å²) in [5.74, 6) is 1.60. The summed E-state index contributed by atoms with van der Waals surface area (Å²) < 4.78 is 16.8. The molecule has 0 unspecified atom stereocenters. The number of methoxy groups -OCH3 is 2. The molecule has 6 heteroatoms. The molecule has 0 spiro atoms. The monoisotopic (exact) mass is 408 g/mol. The molecule has 30 heavy (non-hydrogen) atoms. The highest BCUT2D eigenvalue weighted by Crippen LogP contribution is 2.25. The molecule has 1 aromatic heterocycles. The maximum atomic E-state index is 10.7. The first kappa shape index (κ1) is 20.6. The summed E-state index contributed by atoms with van der Waals surface area (Å²) in [4.78, 5) is 6.59. The number of likely N-dealkylation sites (tertiary alicyclic amines) is 1. The number of benzene rings is 2. The van der Waals surface area contributed by atoms with Gasteiger partial charge in [-0.2, -0.15) is 0 Å². The van der Waals surface area contributed by atoms with Gasteiger partial charge in [0.1, 0.15) is 23.7 Å². The van der Waals surface area contributed by atoms with Crippen LogP contribution >= 0.6 is 0 Å². The molecule has 0 saturated carbocycles. The molecule has 0 radical (unpaired) electrons. The normalized spacial score (nSPS) is 19.7. The van der Waals surface area contributed by atoms with Crippen molar-refractivity contribution >= 4 is 10.9 Å². The van der Waals surface area contributed by atoms with E-state index < -0.39 is 6.10 Å². The Bertz CT molecular complexity index is 994. The lowest BCUT2D eigenvalue weighted by atomic mass is 10.0. The lowest BCUT2D eigenvalue weighted by Gasteiger charge is -2.36. The molecule has 6 nitrogen and oxygen atoms in total. The number of piperidine rings is 1. The van der Waals surface area contributed by atoms with Crippen LogP contribution in [0.25, 0.3) is 10.9 Å². The third-order valence-corrected chi connectivity index (χ3v) is 5.52. The first-order chi connectivity index (χ1) is 14.7. The van der Waals surface area contributed by atoms with Crippen LogP contribution in [0.1, 0.15) is 17.5 Å². The smallest absolute Gasteiger partial charge is 0.127 e. The van der Waals surface area contributed by atoms with E-state index in [1.807, 2.05) is 36.4 Å². The minimum atomic E-state index is -0.542. The zero-order chi connectivity index (χ0) is 20.9. The molecule has 0 bridgehead atoms. The predicted molar refractivity (Wildman–Crippen MR) is 116 cm³/mol. The van der Waals surface area contributed by atoms with Gasteiger partial charge in [0.2, 0.25) is 0 Å². The fourth-order valence-corrected chi connectivity index (χ4v) is 4.02. The number of rotatable bonds is 7. The quantitative estimate of drug-likeness (QED) is 0.646. The standard InChI is InChI=1S/C24H28N2O4/c1-28-16-19-12-17(5-8-23(19)29-2)14-26-11-9-24(22(27)15-26)30-20-6-7-21-18(13-20)4-3-10-25-21/h3-8,10,12-13,22,24,27H,9,11,14-16H2,1-2H3/t22-,24-/m1/s1. The van der Waals surface area contributed by atoms with Crippen LogP contribution in [0.2, 0.25) is 0 Å². The molecule has 2 atom stereocenters. The van der Waals surface area contributed by atoms with Gasteiger partial charge in [0.25, 0.3) is 0 Å². The van der Waals surface area contributed by atoms with E-state index in [-0.39, 0.29) is 6.10 Å². The Labute approximate surface area is 177 Å². The fourth-order valence-electron chi connectivity index (χ4n) is 4.02. The van der Waals surface area contributed by atoms with Crippen molar-refractivity contribution in [2.24, 2.45) is 0 Å². The van der Waals surface area contributed by atoms with E-state index in [0.717, 1.165) is 47.5 Å². The minimum Gasteiger partial charge on any atom is -0.496 e. The van der Waals surface area contributed by atoms with E-state index >= 15 is 0 Å². The van der Waals surface area contributed by atoms with Gasteiger partial charge in [-0.1, -0.05) is 12.1 Å². The van der Waals surface area contributed by atoms with Crippen molar-refractivity contribution < 1.29 is 19.3 Å². The number of hydrogen-bond acceptors (Lipinski definition) is 6. The third kappa shape index (κ3) is 4.73. The second-order valence-electron chi connectivity index (χ2n) is 7.68. The number of hydrogen-bond donors (Lipinski definition) is 1. The lowest BCUT2D eigenvalue weighted by Crippen LogP contribution is -2.48. The Morgan fingerprint density at radius 2 is 2.03 bits per heavy atom. The van der Waals surface area contributed by atoms with Crippen LogP contribution in [-0.4, -0.2) is 54.5 Å². The van der Waals surface area contributed by atoms with Crippen molar-refractivity contribution in [1.29, 1.82) is 0 Å². The zero-order valence-corrected chi connectivity index (χ0v) is 17.5. The third-order valence-electron chi connectivity index (χ3n) is 5.52. The number of fused-ring (bicyclic) bond motifs is 1. The molecule has 3 aromatic rings. The summed E-state index contributed by atoms with van der Waals surface area (Å²) in [5.41, 5.74) is 3.14. The number of nitrogens with zero attached hydrogens (tertiary/aromatic N) is 2. The van der Waals surface area contributed by atoms with Crippen LogP contribution in [0.4, 0.5) is 0 Å². The van der Waals surface area contributed by atoms with E-state index in [4.69, 9.17) is 14.2 Å². The molecule has 1 saturated heterocycles. The molecule has 0 aliphatic carbocycles. The Morgan fingerprint density at radius 1 is 1.13 bits per heavy atom. The van der Waals surface area contributed by atoms with E-state index in [1.54, 1.807) is 20.4 Å². The average molecular weight is 408 g/mol. The number of ether oxygens (including phenoxy) is 3. The van der Waals surface area contributed by atoms with Gasteiger partial charge in [0.05, 0.1) is 19.2 Å². The van der Waals surface area contributed by atoms with E-state index in [9.17, 15) is 5.11 Å². The summed E-state index contributed by atoms with van der Waals surface area (Å²) in [5, 5.41) is 11.7. The van der Waals surface area contributed by atoms with E-state index in [0.29, 0.717) is 13.2 Å². The SMILES string of the molecule is COCc1cc(CN2CC[C@@H](Oc3ccc4ncccc4c3)[C@H](O)C2)ccc1OC. The topological polar surface area (TPSA) is 64.1 Å². The first-order valence-electron chi connectivity index (χ1n) is 10.2. The summed E-state index contributed by atoms with van der Waals surface area (Å²) in [7, 11) is 3.35. The van der Waals surface area contributed by atoms with Crippen LogP contribution in [0, 0.1) is 0 Å². The van der Waals surface area contributed by atoms with E-state index in [1.165, 1.54) is 5.56 Å². The highest BCUT2D eigenvalue weighted by Gasteiger charge is 2.29. The van der Waals surface area contributed by atoms with Crippen molar-refractivity contribution in [3.05, 3.63) is 65.9 Å². The number of β-amino-alcohol motifs (C(OH)–C–C–N with tert-alkyl or cyclic N) is 1. The molecule has 0 amide bonds. The van der Waals surface area contributed by atoms with Crippen LogP contribution in [0.5, 0.6) is 11.5 Å². The van der Waals surface area contributed by atoms with Crippen LogP contribution < -0.4 is 9.47 Å². The number of pyridine rings is 1. The van der Waals surface area contributed by atoms with Crippen molar-refractivity contribution in [2.45, 2.75) is 31.8 Å². The summed E-state index contributed by atoms with van der Waals surface area (Å²) in [6, 6.07) is 15.9.